The van der Waals surface area contributed by atoms with Crippen LogP contribution >= 0.6 is 0 Å². The van der Waals surface area contributed by atoms with Gasteiger partial charge in [-0.3, -0.25) is 0 Å². The molecule has 0 spiro atoms. The van der Waals surface area contributed by atoms with E-state index < -0.39 is 17.5 Å². The van der Waals surface area contributed by atoms with Crippen LogP contribution in [-0.2, 0) is 9.53 Å². The minimum Gasteiger partial charge on any atom is -0.464 e. The molecule has 3 nitrogen and oxygen atoms in total. The van der Waals surface area contributed by atoms with Gasteiger partial charge in [-0.1, -0.05) is 48.5 Å². The predicted molar refractivity (Wildman–Crippen MR) is 81.0 cm³/mol. The van der Waals surface area contributed by atoms with Crippen LogP contribution in [0, 0.1) is 0 Å². The lowest BCUT2D eigenvalue weighted by atomic mass is 9.81. The number of esters is 1. The lowest BCUT2D eigenvalue weighted by molar-refractivity contribution is -0.164. The number of carbonyl (C=O) groups excluding carboxylic acids is 1. The zero-order valence-corrected chi connectivity index (χ0v) is 12.2. The molecular formula is C18H18O3. The average Bonchev–Trinajstić information content (AvgIpc) is 2.82. The fourth-order valence-corrected chi connectivity index (χ4v) is 3.16. The molecule has 3 rings (SSSR count). The standard InChI is InChI=1S/C18H18O3/c1-3-21-17(19)18(2,20)16-14-10-6-4-8-12(14)13-9-5-7-11-15(13)16/h4-11,16,20H,3H2,1-2H3. The Kier molecular flexibility index (Phi) is 3.30. The molecule has 0 radical (unpaired) electrons. The van der Waals surface area contributed by atoms with Crippen molar-refractivity contribution in [3.63, 3.8) is 0 Å². The van der Waals surface area contributed by atoms with Crippen LogP contribution in [-0.4, -0.2) is 23.3 Å². The molecule has 1 atom stereocenters. The maximum Gasteiger partial charge on any atom is 0.338 e. The third-order valence-electron chi connectivity index (χ3n) is 4.08. The number of aliphatic hydroxyl groups is 1. The van der Waals surface area contributed by atoms with E-state index in [-0.39, 0.29) is 6.61 Å². The second-order valence-electron chi connectivity index (χ2n) is 5.48. The van der Waals surface area contributed by atoms with Gasteiger partial charge < -0.3 is 9.84 Å². The Balaban J connectivity index is 2.17. The van der Waals surface area contributed by atoms with Crippen LogP contribution in [0.3, 0.4) is 0 Å². The molecule has 0 bridgehead atoms. The first-order valence-corrected chi connectivity index (χ1v) is 7.15. The van der Waals surface area contributed by atoms with Gasteiger partial charge in [0.1, 0.15) is 0 Å². The second-order valence-corrected chi connectivity index (χ2v) is 5.48. The Hall–Kier alpha value is -2.13. The van der Waals surface area contributed by atoms with Gasteiger partial charge >= 0.3 is 5.97 Å². The van der Waals surface area contributed by atoms with E-state index in [0.717, 1.165) is 22.3 Å². The average molecular weight is 282 g/mol. The van der Waals surface area contributed by atoms with E-state index in [4.69, 9.17) is 4.74 Å². The van der Waals surface area contributed by atoms with Gasteiger partial charge in [-0.25, -0.2) is 4.79 Å². The van der Waals surface area contributed by atoms with Crippen LogP contribution in [0.4, 0.5) is 0 Å². The molecule has 0 amide bonds. The van der Waals surface area contributed by atoms with Crippen LogP contribution < -0.4 is 0 Å². The van der Waals surface area contributed by atoms with E-state index in [1.54, 1.807) is 6.92 Å². The van der Waals surface area contributed by atoms with Crippen molar-refractivity contribution >= 4 is 5.97 Å². The fourth-order valence-electron chi connectivity index (χ4n) is 3.16. The number of ether oxygens (including phenoxy) is 1. The van der Waals surface area contributed by atoms with Crippen molar-refractivity contribution in [3.05, 3.63) is 59.7 Å². The Morgan fingerprint density at radius 3 is 2.05 bits per heavy atom. The van der Waals surface area contributed by atoms with Crippen molar-refractivity contribution in [1.29, 1.82) is 0 Å². The van der Waals surface area contributed by atoms with Crippen LogP contribution in [0.2, 0.25) is 0 Å². The quantitative estimate of drug-likeness (QED) is 0.880. The van der Waals surface area contributed by atoms with E-state index in [9.17, 15) is 9.90 Å². The van der Waals surface area contributed by atoms with Gasteiger partial charge in [0, 0.05) is 5.92 Å². The summed E-state index contributed by atoms with van der Waals surface area (Å²) in [5.74, 6) is -0.981. The molecule has 1 aliphatic rings. The minimum absolute atomic E-state index is 0.255. The molecule has 2 aromatic carbocycles. The summed E-state index contributed by atoms with van der Waals surface area (Å²) in [4.78, 5) is 12.2. The summed E-state index contributed by atoms with van der Waals surface area (Å²) in [7, 11) is 0. The molecule has 0 heterocycles. The fraction of sp³-hybridized carbons (Fsp3) is 0.278. The molecule has 0 saturated heterocycles. The van der Waals surface area contributed by atoms with Crippen LogP contribution in [0.5, 0.6) is 0 Å². The van der Waals surface area contributed by atoms with Crippen molar-refractivity contribution < 1.29 is 14.6 Å². The van der Waals surface area contributed by atoms with Crippen molar-refractivity contribution in [3.8, 4) is 11.1 Å². The predicted octanol–water partition coefficient (Wildman–Crippen LogP) is 3.11. The van der Waals surface area contributed by atoms with E-state index in [1.807, 2.05) is 48.5 Å². The van der Waals surface area contributed by atoms with Crippen LogP contribution in [0.1, 0.15) is 30.9 Å². The van der Waals surface area contributed by atoms with Gasteiger partial charge in [-0.05, 0) is 36.1 Å². The van der Waals surface area contributed by atoms with Gasteiger partial charge in [-0.2, -0.15) is 0 Å². The van der Waals surface area contributed by atoms with Crippen molar-refractivity contribution in [2.45, 2.75) is 25.4 Å². The van der Waals surface area contributed by atoms with Gasteiger partial charge in [0.2, 0.25) is 0 Å². The molecule has 2 aromatic rings. The third-order valence-corrected chi connectivity index (χ3v) is 4.08. The summed E-state index contributed by atoms with van der Waals surface area (Å²) < 4.78 is 5.06. The number of hydrogen-bond acceptors (Lipinski definition) is 3. The highest BCUT2D eigenvalue weighted by Gasteiger charge is 2.46. The molecular weight excluding hydrogens is 264 g/mol. The highest BCUT2D eigenvalue weighted by atomic mass is 16.5. The molecule has 1 N–H and O–H groups in total. The Morgan fingerprint density at radius 2 is 1.57 bits per heavy atom. The van der Waals surface area contributed by atoms with Gasteiger partial charge in [0.15, 0.2) is 5.60 Å². The third kappa shape index (κ3) is 2.05. The molecule has 0 fully saturated rings. The Bertz CT molecular complexity index is 643. The van der Waals surface area contributed by atoms with E-state index in [2.05, 4.69) is 0 Å². The Labute approximate surface area is 124 Å². The molecule has 0 aromatic heterocycles. The maximum atomic E-state index is 12.2. The number of fused-ring (bicyclic) bond motifs is 3. The number of carbonyl (C=O) groups is 1. The zero-order chi connectivity index (χ0) is 15.0. The first-order chi connectivity index (χ1) is 10.1. The summed E-state index contributed by atoms with van der Waals surface area (Å²) in [6.07, 6.45) is 0. The number of rotatable bonds is 3. The van der Waals surface area contributed by atoms with Gasteiger partial charge in [0.25, 0.3) is 0 Å². The van der Waals surface area contributed by atoms with Gasteiger partial charge in [0.05, 0.1) is 6.61 Å². The number of benzene rings is 2. The topological polar surface area (TPSA) is 46.5 Å². The monoisotopic (exact) mass is 282 g/mol. The maximum absolute atomic E-state index is 12.2. The zero-order valence-electron chi connectivity index (χ0n) is 12.2. The largest absolute Gasteiger partial charge is 0.464 e. The molecule has 0 saturated carbocycles. The molecule has 1 aliphatic carbocycles. The van der Waals surface area contributed by atoms with Crippen molar-refractivity contribution in [1.82, 2.24) is 0 Å². The summed E-state index contributed by atoms with van der Waals surface area (Å²) in [6.45, 7) is 3.53. The second kappa shape index (κ2) is 5.01. The van der Waals surface area contributed by atoms with Crippen LogP contribution in [0.15, 0.2) is 48.5 Å². The highest BCUT2D eigenvalue weighted by Crippen LogP contribution is 2.49. The summed E-state index contributed by atoms with van der Waals surface area (Å²) >= 11 is 0. The van der Waals surface area contributed by atoms with Crippen molar-refractivity contribution in [2.24, 2.45) is 0 Å². The van der Waals surface area contributed by atoms with Crippen molar-refractivity contribution in [2.75, 3.05) is 6.61 Å². The summed E-state index contributed by atoms with van der Waals surface area (Å²) in [5.41, 5.74) is 2.50. The van der Waals surface area contributed by atoms with Crippen LogP contribution in [0.25, 0.3) is 11.1 Å². The summed E-state index contributed by atoms with van der Waals surface area (Å²) in [6, 6.07) is 15.8. The number of hydrogen-bond donors (Lipinski definition) is 1. The van der Waals surface area contributed by atoms with Gasteiger partial charge in [-0.15, -0.1) is 0 Å². The summed E-state index contributed by atoms with van der Waals surface area (Å²) in [5, 5.41) is 10.8. The lowest BCUT2D eigenvalue weighted by Crippen LogP contribution is -2.42. The van der Waals surface area contributed by atoms with E-state index in [0.29, 0.717) is 0 Å². The normalized spacial score (nSPS) is 16.0. The molecule has 3 heteroatoms. The smallest absolute Gasteiger partial charge is 0.338 e. The molecule has 21 heavy (non-hydrogen) atoms. The first-order valence-electron chi connectivity index (χ1n) is 7.15. The van der Waals surface area contributed by atoms with E-state index in [1.165, 1.54) is 6.92 Å². The van der Waals surface area contributed by atoms with E-state index >= 15 is 0 Å². The molecule has 1 unspecified atom stereocenters. The molecule has 108 valence electrons. The Morgan fingerprint density at radius 1 is 1.10 bits per heavy atom. The minimum atomic E-state index is -1.58. The highest BCUT2D eigenvalue weighted by molar-refractivity contribution is 5.87. The SMILES string of the molecule is CCOC(=O)C(C)(O)C1c2ccccc2-c2ccccc21. The first kappa shape index (κ1) is 13.8. The molecule has 0 aliphatic heterocycles. The lowest BCUT2D eigenvalue weighted by Gasteiger charge is -2.29.